The van der Waals surface area contributed by atoms with Gasteiger partial charge in [-0.05, 0) is 32.2 Å². The molecule has 2 unspecified atom stereocenters. The van der Waals surface area contributed by atoms with Crippen LogP contribution in [-0.4, -0.2) is 54.5 Å². The molecule has 0 saturated carbocycles. The first kappa shape index (κ1) is 14.3. The van der Waals surface area contributed by atoms with Gasteiger partial charge < -0.3 is 15.5 Å². The second kappa shape index (κ2) is 4.98. The van der Waals surface area contributed by atoms with Crippen molar-refractivity contribution in [2.24, 2.45) is 5.41 Å². The van der Waals surface area contributed by atoms with Gasteiger partial charge in [0.15, 0.2) is 0 Å². The summed E-state index contributed by atoms with van der Waals surface area (Å²) in [5.74, 6) is -0.192. The van der Waals surface area contributed by atoms with Crippen molar-refractivity contribution in [2.75, 3.05) is 26.2 Å². The van der Waals surface area contributed by atoms with E-state index in [1.165, 1.54) is 0 Å². The molecule has 2 atom stereocenters. The van der Waals surface area contributed by atoms with Gasteiger partial charge in [-0.15, -0.1) is 0 Å². The molecule has 21 heavy (non-hydrogen) atoms. The number of urea groups is 1. The van der Waals surface area contributed by atoms with Gasteiger partial charge in [0.25, 0.3) is 5.91 Å². The minimum Gasteiger partial charge on any atom is -0.339 e. The molecule has 0 bridgehead atoms. The number of nitrogens with zero attached hydrogens (tertiary/aromatic N) is 1. The van der Waals surface area contributed by atoms with E-state index < -0.39 is 11.6 Å². The number of hydrogen-bond donors (Lipinski definition) is 3. The number of amides is 4. The van der Waals surface area contributed by atoms with Crippen molar-refractivity contribution in [3.63, 3.8) is 0 Å². The maximum Gasteiger partial charge on any atom is 0.322 e. The van der Waals surface area contributed by atoms with Crippen molar-refractivity contribution in [1.82, 2.24) is 20.9 Å². The van der Waals surface area contributed by atoms with Gasteiger partial charge >= 0.3 is 6.03 Å². The topological polar surface area (TPSA) is 90.5 Å². The Kier molecular flexibility index (Phi) is 3.39. The first-order chi connectivity index (χ1) is 10.0. The molecule has 4 amide bonds. The Morgan fingerprint density at radius 3 is 2.71 bits per heavy atom. The first-order valence-corrected chi connectivity index (χ1v) is 7.65. The summed E-state index contributed by atoms with van der Waals surface area (Å²) in [5, 5.41) is 8.27. The third kappa shape index (κ3) is 2.19. The Hall–Kier alpha value is -1.63. The number of carbonyl (C=O) groups is 3. The number of piperidine rings is 1. The van der Waals surface area contributed by atoms with Crippen LogP contribution in [0.25, 0.3) is 0 Å². The fraction of sp³-hybridized carbons (Fsp3) is 0.786. The highest BCUT2D eigenvalue weighted by Crippen LogP contribution is 2.34. The monoisotopic (exact) mass is 294 g/mol. The van der Waals surface area contributed by atoms with E-state index in [2.05, 4.69) is 16.0 Å². The van der Waals surface area contributed by atoms with Crippen LogP contribution in [0, 0.1) is 5.41 Å². The second-order valence-corrected chi connectivity index (χ2v) is 6.38. The maximum absolute atomic E-state index is 12.9. The molecule has 0 aliphatic carbocycles. The number of carbonyl (C=O) groups excluding carboxylic acids is 3. The molecule has 0 aromatic rings. The SMILES string of the molecule is CCC1(C(=O)N2CCCC3(C2)NC(=O)NC3=O)CCNC1. The van der Waals surface area contributed by atoms with Crippen LogP contribution in [0.4, 0.5) is 4.79 Å². The molecular formula is C14H22N4O3. The zero-order valence-corrected chi connectivity index (χ0v) is 12.3. The van der Waals surface area contributed by atoms with Crippen molar-refractivity contribution in [3.8, 4) is 0 Å². The van der Waals surface area contributed by atoms with Crippen molar-refractivity contribution < 1.29 is 14.4 Å². The van der Waals surface area contributed by atoms with Gasteiger partial charge in [0.1, 0.15) is 5.54 Å². The van der Waals surface area contributed by atoms with Crippen LogP contribution in [0.5, 0.6) is 0 Å². The minimum atomic E-state index is -0.925. The fourth-order valence-electron chi connectivity index (χ4n) is 3.76. The van der Waals surface area contributed by atoms with E-state index >= 15 is 0 Å². The lowest BCUT2D eigenvalue weighted by molar-refractivity contribution is -0.145. The summed E-state index contributed by atoms with van der Waals surface area (Å²) in [7, 11) is 0. The molecule has 0 aromatic carbocycles. The second-order valence-electron chi connectivity index (χ2n) is 6.38. The summed E-state index contributed by atoms with van der Waals surface area (Å²) in [4.78, 5) is 38.2. The smallest absolute Gasteiger partial charge is 0.322 e. The van der Waals surface area contributed by atoms with E-state index in [9.17, 15) is 14.4 Å². The predicted octanol–water partition coefficient (Wildman–Crippen LogP) is -0.423. The van der Waals surface area contributed by atoms with Gasteiger partial charge in [-0.25, -0.2) is 4.79 Å². The summed E-state index contributed by atoms with van der Waals surface area (Å²) in [6.07, 6.45) is 2.95. The Bertz CT molecular complexity index is 487. The van der Waals surface area contributed by atoms with Gasteiger partial charge in [-0.3, -0.25) is 14.9 Å². The van der Waals surface area contributed by atoms with Crippen molar-refractivity contribution in [3.05, 3.63) is 0 Å². The lowest BCUT2D eigenvalue weighted by Gasteiger charge is -2.41. The van der Waals surface area contributed by atoms with Gasteiger partial charge in [-0.1, -0.05) is 6.92 Å². The quantitative estimate of drug-likeness (QED) is 0.603. The zero-order valence-electron chi connectivity index (χ0n) is 12.3. The average molecular weight is 294 g/mol. The van der Waals surface area contributed by atoms with Gasteiger partial charge in [0, 0.05) is 13.1 Å². The molecule has 3 fully saturated rings. The standard InChI is InChI=1S/C14H22N4O3/c1-2-13(5-6-15-8-13)11(20)18-7-3-4-14(9-18)10(19)16-12(21)17-14/h15H,2-9H2,1H3,(H2,16,17,19,21). The van der Waals surface area contributed by atoms with Crippen LogP contribution < -0.4 is 16.0 Å². The average Bonchev–Trinajstić information content (AvgIpc) is 3.05. The summed E-state index contributed by atoms with van der Waals surface area (Å²) < 4.78 is 0. The Morgan fingerprint density at radius 2 is 2.14 bits per heavy atom. The number of hydrogen-bond acceptors (Lipinski definition) is 4. The maximum atomic E-state index is 12.9. The molecule has 0 aromatic heterocycles. The lowest BCUT2D eigenvalue weighted by atomic mass is 9.80. The van der Waals surface area contributed by atoms with Crippen LogP contribution in [0.1, 0.15) is 32.6 Å². The molecule has 7 nitrogen and oxygen atoms in total. The molecule has 3 rings (SSSR count). The molecule has 7 heteroatoms. The summed E-state index contributed by atoms with van der Waals surface area (Å²) in [5.41, 5.74) is -1.27. The molecule has 3 aliphatic heterocycles. The predicted molar refractivity (Wildman–Crippen MR) is 75.4 cm³/mol. The van der Waals surface area contributed by atoms with Crippen LogP contribution in [-0.2, 0) is 9.59 Å². The van der Waals surface area contributed by atoms with Crippen LogP contribution in [0.15, 0.2) is 0 Å². The highest BCUT2D eigenvalue weighted by molar-refractivity contribution is 6.07. The highest BCUT2D eigenvalue weighted by Gasteiger charge is 2.51. The van der Waals surface area contributed by atoms with E-state index in [-0.39, 0.29) is 23.8 Å². The molecule has 3 N–H and O–H groups in total. The summed E-state index contributed by atoms with van der Waals surface area (Å²) in [6, 6.07) is -0.456. The molecular weight excluding hydrogens is 272 g/mol. The minimum absolute atomic E-state index is 0.114. The number of rotatable bonds is 2. The van der Waals surface area contributed by atoms with Crippen LogP contribution >= 0.6 is 0 Å². The molecule has 116 valence electrons. The lowest BCUT2D eigenvalue weighted by Crippen LogP contribution is -2.61. The third-order valence-electron chi connectivity index (χ3n) is 5.17. The van der Waals surface area contributed by atoms with E-state index in [0.717, 1.165) is 25.8 Å². The molecule has 3 saturated heterocycles. The van der Waals surface area contributed by atoms with E-state index in [0.29, 0.717) is 19.5 Å². The molecule has 0 radical (unpaired) electrons. The number of likely N-dealkylation sites (tertiary alicyclic amines) is 1. The van der Waals surface area contributed by atoms with E-state index in [1.807, 2.05) is 6.92 Å². The summed E-state index contributed by atoms with van der Waals surface area (Å²) in [6.45, 7) is 4.53. The Balaban J connectivity index is 1.79. The Morgan fingerprint density at radius 1 is 1.33 bits per heavy atom. The van der Waals surface area contributed by atoms with Crippen molar-refractivity contribution >= 4 is 17.8 Å². The largest absolute Gasteiger partial charge is 0.339 e. The van der Waals surface area contributed by atoms with Crippen LogP contribution in [0.2, 0.25) is 0 Å². The van der Waals surface area contributed by atoms with E-state index in [4.69, 9.17) is 0 Å². The highest BCUT2D eigenvalue weighted by atomic mass is 16.2. The third-order valence-corrected chi connectivity index (χ3v) is 5.17. The molecule has 3 aliphatic rings. The summed E-state index contributed by atoms with van der Waals surface area (Å²) >= 11 is 0. The first-order valence-electron chi connectivity index (χ1n) is 7.65. The number of nitrogens with one attached hydrogen (secondary N) is 3. The fourth-order valence-corrected chi connectivity index (χ4v) is 3.76. The van der Waals surface area contributed by atoms with Gasteiger partial charge in [-0.2, -0.15) is 0 Å². The normalized spacial score (nSPS) is 36.0. The zero-order chi connectivity index (χ0) is 15.1. The van der Waals surface area contributed by atoms with Crippen molar-refractivity contribution in [1.29, 1.82) is 0 Å². The van der Waals surface area contributed by atoms with E-state index in [1.54, 1.807) is 4.90 Å². The molecule has 1 spiro atoms. The molecule has 3 heterocycles. The number of imide groups is 1. The van der Waals surface area contributed by atoms with Gasteiger partial charge in [0.05, 0.1) is 12.0 Å². The van der Waals surface area contributed by atoms with Crippen molar-refractivity contribution in [2.45, 2.75) is 38.1 Å². The van der Waals surface area contributed by atoms with Gasteiger partial charge in [0.2, 0.25) is 5.91 Å². The van der Waals surface area contributed by atoms with Crippen LogP contribution in [0.3, 0.4) is 0 Å². The Labute approximate surface area is 123 Å².